The van der Waals surface area contributed by atoms with Crippen LogP contribution in [0.15, 0.2) is 60.7 Å². The lowest BCUT2D eigenvalue weighted by molar-refractivity contribution is 0.273. The zero-order chi connectivity index (χ0) is 19.5. The summed E-state index contributed by atoms with van der Waals surface area (Å²) in [4.78, 5) is 7.19. The number of rotatable bonds is 6. The summed E-state index contributed by atoms with van der Waals surface area (Å²) in [5.41, 5.74) is 2.11. The molecule has 0 aliphatic heterocycles. The molecule has 1 heterocycles. The molecule has 0 spiro atoms. The number of halogens is 2. The SMILES string of the molecule is OCc1nc2cc(OCc3ccc(Oc4ccccc4)cc3)c(Cl)c(Cl)c2[nH]1. The van der Waals surface area contributed by atoms with Gasteiger partial charge in [0.25, 0.3) is 0 Å². The smallest absolute Gasteiger partial charge is 0.142 e. The average molecular weight is 415 g/mol. The molecule has 0 amide bonds. The summed E-state index contributed by atoms with van der Waals surface area (Å²) in [5, 5.41) is 9.83. The lowest BCUT2D eigenvalue weighted by Gasteiger charge is -2.10. The third kappa shape index (κ3) is 3.92. The normalized spacial score (nSPS) is 11.0. The van der Waals surface area contributed by atoms with Crippen molar-refractivity contribution in [1.82, 2.24) is 9.97 Å². The number of aromatic nitrogens is 2. The fourth-order valence-electron chi connectivity index (χ4n) is 2.73. The molecule has 3 aromatic carbocycles. The Morgan fingerprint density at radius 3 is 2.36 bits per heavy atom. The van der Waals surface area contributed by atoms with Crippen molar-refractivity contribution in [3.05, 3.63) is 82.1 Å². The number of nitrogens with one attached hydrogen (secondary N) is 1. The highest BCUT2D eigenvalue weighted by Crippen LogP contribution is 2.38. The van der Waals surface area contributed by atoms with E-state index in [1.807, 2.05) is 54.6 Å². The van der Waals surface area contributed by atoms with Gasteiger partial charge in [-0.15, -0.1) is 0 Å². The summed E-state index contributed by atoms with van der Waals surface area (Å²) in [6, 6.07) is 18.9. The van der Waals surface area contributed by atoms with Crippen LogP contribution in [-0.4, -0.2) is 15.1 Å². The molecule has 5 nitrogen and oxygen atoms in total. The van der Waals surface area contributed by atoms with E-state index in [2.05, 4.69) is 9.97 Å². The molecule has 4 rings (SSSR count). The number of fused-ring (bicyclic) bond motifs is 1. The first-order valence-corrected chi connectivity index (χ1v) is 9.31. The fraction of sp³-hybridized carbons (Fsp3) is 0.0952. The number of imidazole rings is 1. The van der Waals surface area contributed by atoms with Crippen LogP contribution in [0.2, 0.25) is 10.0 Å². The Kier molecular flexibility index (Phi) is 5.39. The van der Waals surface area contributed by atoms with Gasteiger partial charge in [0.1, 0.15) is 41.3 Å². The van der Waals surface area contributed by atoms with Gasteiger partial charge < -0.3 is 19.6 Å². The quantitative estimate of drug-likeness (QED) is 0.422. The zero-order valence-electron chi connectivity index (χ0n) is 14.7. The van der Waals surface area contributed by atoms with Gasteiger partial charge in [-0.1, -0.05) is 53.5 Å². The van der Waals surface area contributed by atoms with Crippen molar-refractivity contribution in [3.63, 3.8) is 0 Å². The van der Waals surface area contributed by atoms with Crippen molar-refractivity contribution in [2.24, 2.45) is 0 Å². The molecule has 0 bridgehead atoms. The van der Waals surface area contributed by atoms with Gasteiger partial charge in [-0.05, 0) is 29.8 Å². The minimum Gasteiger partial charge on any atom is -0.487 e. The molecule has 4 aromatic rings. The first-order chi connectivity index (χ1) is 13.6. The fourth-order valence-corrected chi connectivity index (χ4v) is 3.17. The van der Waals surface area contributed by atoms with E-state index in [1.165, 1.54) is 0 Å². The van der Waals surface area contributed by atoms with Crippen LogP contribution in [0.1, 0.15) is 11.4 Å². The standard InChI is InChI=1S/C21H16Cl2N2O3/c22-19-17(10-16-21(20(19)23)25-18(11-26)24-16)27-12-13-6-8-15(9-7-13)28-14-4-2-1-3-5-14/h1-10,26H,11-12H2,(H,24,25). The van der Waals surface area contributed by atoms with Crippen molar-refractivity contribution in [1.29, 1.82) is 0 Å². The van der Waals surface area contributed by atoms with Crippen LogP contribution in [-0.2, 0) is 13.2 Å². The van der Waals surface area contributed by atoms with E-state index in [0.717, 1.165) is 17.1 Å². The van der Waals surface area contributed by atoms with Crippen LogP contribution in [0, 0.1) is 0 Å². The van der Waals surface area contributed by atoms with Crippen molar-refractivity contribution < 1.29 is 14.6 Å². The predicted octanol–water partition coefficient (Wildman–Crippen LogP) is 5.73. The number of para-hydroxylation sites is 1. The minimum absolute atomic E-state index is 0.212. The molecular formula is C21H16Cl2N2O3. The number of nitrogens with zero attached hydrogens (tertiary/aromatic N) is 1. The molecule has 142 valence electrons. The second-order valence-electron chi connectivity index (χ2n) is 6.09. The highest BCUT2D eigenvalue weighted by molar-refractivity contribution is 6.45. The van der Waals surface area contributed by atoms with Gasteiger partial charge in [0.15, 0.2) is 0 Å². The lowest BCUT2D eigenvalue weighted by Crippen LogP contribution is -1.96. The number of ether oxygens (including phenoxy) is 2. The average Bonchev–Trinajstić information content (AvgIpc) is 3.15. The number of aliphatic hydroxyl groups is 1. The van der Waals surface area contributed by atoms with Crippen LogP contribution in [0.3, 0.4) is 0 Å². The second-order valence-corrected chi connectivity index (χ2v) is 6.84. The maximum Gasteiger partial charge on any atom is 0.142 e. The van der Waals surface area contributed by atoms with Gasteiger partial charge in [-0.25, -0.2) is 4.98 Å². The predicted molar refractivity (Wildman–Crippen MR) is 109 cm³/mol. The largest absolute Gasteiger partial charge is 0.487 e. The van der Waals surface area contributed by atoms with Crippen molar-refractivity contribution >= 4 is 34.2 Å². The minimum atomic E-state index is -0.212. The lowest BCUT2D eigenvalue weighted by atomic mass is 10.2. The van der Waals surface area contributed by atoms with E-state index in [1.54, 1.807) is 6.07 Å². The van der Waals surface area contributed by atoms with Gasteiger partial charge in [-0.2, -0.15) is 0 Å². The van der Waals surface area contributed by atoms with Crippen molar-refractivity contribution in [2.45, 2.75) is 13.2 Å². The number of hydrogen-bond acceptors (Lipinski definition) is 4. The van der Waals surface area contributed by atoms with Gasteiger partial charge in [0.2, 0.25) is 0 Å². The third-order valence-electron chi connectivity index (χ3n) is 4.12. The Labute approximate surface area is 171 Å². The molecule has 0 unspecified atom stereocenters. The highest BCUT2D eigenvalue weighted by atomic mass is 35.5. The van der Waals surface area contributed by atoms with Crippen LogP contribution in [0.25, 0.3) is 11.0 Å². The van der Waals surface area contributed by atoms with E-state index in [0.29, 0.717) is 39.3 Å². The van der Waals surface area contributed by atoms with E-state index < -0.39 is 0 Å². The van der Waals surface area contributed by atoms with Crippen LogP contribution in [0.4, 0.5) is 0 Å². The number of aliphatic hydroxyl groups excluding tert-OH is 1. The Morgan fingerprint density at radius 2 is 1.64 bits per heavy atom. The molecule has 0 radical (unpaired) electrons. The van der Waals surface area contributed by atoms with E-state index >= 15 is 0 Å². The molecule has 2 N–H and O–H groups in total. The Morgan fingerprint density at radius 1 is 0.929 bits per heavy atom. The van der Waals surface area contributed by atoms with Gasteiger partial charge >= 0.3 is 0 Å². The molecule has 1 aromatic heterocycles. The zero-order valence-corrected chi connectivity index (χ0v) is 16.2. The molecule has 0 saturated heterocycles. The molecule has 0 fully saturated rings. The van der Waals surface area contributed by atoms with E-state index in [9.17, 15) is 5.11 Å². The Bertz CT molecular complexity index is 1100. The Balaban J connectivity index is 1.47. The van der Waals surface area contributed by atoms with Gasteiger partial charge in [0, 0.05) is 6.07 Å². The molecular weight excluding hydrogens is 399 g/mol. The van der Waals surface area contributed by atoms with Gasteiger partial charge in [0.05, 0.1) is 16.1 Å². The number of aromatic amines is 1. The monoisotopic (exact) mass is 414 g/mol. The molecule has 0 aliphatic carbocycles. The number of H-pyrrole nitrogens is 1. The number of hydrogen-bond donors (Lipinski definition) is 2. The first-order valence-electron chi connectivity index (χ1n) is 8.56. The Hall–Kier alpha value is -2.73. The maximum atomic E-state index is 9.22. The highest BCUT2D eigenvalue weighted by Gasteiger charge is 2.15. The molecule has 7 heteroatoms. The van der Waals surface area contributed by atoms with Gasteiger partial charge in [-0.3, -0.25) is 0 Å². The van der Waals surface area contributed by atoms with Crippen LogP contribution < -0.4 is 9.47 Å². The van der Waals surface area contributed by atoms with E-state index in [-0.39, 0.29) is 6.61 Å². The van der Waals surface area contributed by atoms with E-state index in [4.69, 9.17) is 32.7 Å². The summed E-state index contributed by atoms with van der Waals surface area (Å²) in [6.07, 6.45) is 0. The molecule has 0 atom stereocenters. The van der Waals surface area contributed by atoms with Crippen molar-refractivity contribution in [3.8, 4) is 17.2 Å². The molecule has 28 heavy (non-hydrogen) atoms. The summed E-state index contributed by atoms with van der Waals surface area (Å²) in [7, 11) is 0. The summed E-state index contributed by atoms with van der Waals surface area (Å²) >= 11 is 12.6. The summed E-state index contributed by atoms with van der Waals surface area (Å²) in [5.74, 6) is 2.37. The summed E-state index contributed by atoms with van der Waals surface area (Å²) < 4.78 is 11.6. The van der Waals surface area contributed by atoms with Crippen molar-refractivity contribution in [2.75, 3.05) is 0 Å². The second kappa shape index (κ2) is 8.10. The third-order valence-corrected chi connectivity index (χ3v) is 4.97. The first kappa shape index (κ1) is 18.6. The molecule has 0 saturated carbocycles. The maximum absolute atomic E-state index is 9.22. The molecule has 0 aliphatic rings. The van der Waals surface area contributed by atoms with Crippen LogP contribution in [0.5, 0.6) is 17.2 Å². The van der Waals surface area contributed by atoms with Crippen LogP contribution >= 0.6 is 23.2 Å². The summed E-state index contributed by atoms with van der Waals surface area (Å²) in [6.45, 7) is 0.0979. The number of benzene rings is 3. The topological polar surface area (TPSA) is 67.4 Å².